The van der Waals surface area contributed by atoms with E-state index >= 15 is 0 Å². The molecule has 1 unspecified atom stereocenters. The van der Waals surface area contributed by atoms with Crippen LogP contribution < -0.4 is 0 Å². The molecule has 2 aromatic carbocycles. The van der Waals surface area contributed by atoms with Gasteiger partial charge in [-0.05, 0) is 61.9 Å². The van der Waals surface area contributed by atoms with Crippen molar-refractivity contribution in [2.24, 2.45) is 0 Å². The zero-order chi connectivity index (χ0) is 23.5. The van der Waals surface area contributed by atoms with Gasteiger partial charge >= 0.3 is 0 Å². The summed E-state index contributed by atoms with van der Waals surface area (Å²) in [5, 5.41) is 0.896. The monoisotopic (exact) mass is 446 g/mol. The molecule has 0 amide bonds. The molecule has 0 fully saturated rings. The first-order chi connectivity index (χ1) is 16.1. The van der Waals surface area contributed by atoms with E-state index < -0.39 is 0 Å². The third-order valence-electron chi connectivity index (χ3n) is 5.70. The third kappa shape index (κ3) is 7.61. The van der Waals surface area contributed by atoms with Crippen molar-refractivity contribution in [1.29, 1.82) is 0 Å². The van der Waals surface area contributed by atoms with Crippen LogP contribution in [-0.2, 0) is 11.2 Å². The van der Waals surface area contributed by atoms with Crippen molar-refractivity contribution in [1.82, 2.24) is 9.97 Å². The summed E-state index contributed by atoms with van der Waals surface area (Å²) in [5.41, 5.74) is 3.13. The summed E-state index contributed by atoms with van der Waals surface area (Å²) in [6.07, 6.45) is 15.3. The molecular formula is C29H35FN2O. The molecular weight excluding hydrogens is 411 g/mol. The Morgan fingerprint density at radius 2 is 2.00 bits per heavy atom. The van der Waals surface area contributed by atoms with E-state index in [1.165, 1.54) is 12.8 Å². The van der Waals surface area contributed by atoms with E-state index in [9.17, 15) is 4.39 Å². The fourth-order valence-corrected chi connectivity index (χ4v) is 3.80. The molecule has 1 aromatic heterocycles. The summed E-state index contributed by atoms with van der Waals surface area (Å²) in [6, 6.07) is 11.2. The van der Waals surface area contributed by atoms with Gasteiger partial charge in [-0.2, -0.15) is 0 Å². The standard InChI is InChI=1S/C29H35FN2O/c1-4-6-10-18-33-22(3)12-8-7-9-13-23-14-16-26(27(30)19-23)24-15-17-28-25(20-24)21-31-29(32-28)11-5-2/h5,9,13-17,19-22H,2,4,6-8,10-12,18H2,1,3H3. The van der Waals surface area contributed by atoms with Crippen LogP contribution in [0.2, 0.25) is 0 Å². The highest BCUT2D eigenvalue weighted by Crippen LogP contribution is 2.27. The average Bonchev–Trinajstić information content (AvgIpc) is 2.82. The second kappa shape index (κ2) is 13.0. The van der Waals surface area contributed by atoms with E-state index in [-0.39, 0.29) is 5.82 Å². The van der Waals surface area contributed by atoms with Gasteiger partial charge in [-0.3, -0.25) is 0 Å². The summed E-state index contributed by atoms with van der Waals surface area (Å²) < 4.78 is 20.7. The molecule has 0 aliphatic rings. The fourth-order valence-electron chi connectivity index (χ4n) is 3.80. The highest BCUT2D eigenvalue weighted by Gasteiger charge is 2.08. The van der Waals surface area contributed by atoms with Crippen LogP contribution in [-0.4, -0.2) is 22.7 Å². The molecule has 1 atom stereocenters. The molecule has 3 nitrogen and oxygen atoms in total. The Morgan fingerprint density at radius 1 is 1.12 bits per heavy atom. The lowest BCUT2D eigenvalue weighted by Gasteiger charge is -2.12. The topological polar surface area (TPSA) is 35.0 Å². The molecule has 33 heavy (non-hydrogen) atoms. The van der Waals surface area contributed by atoms with Crippen LogP contribution in [0.25, 0.3) is 28.1 Å². The average molecular weight is 447 g/mol. The molecule has 1 heterocycles. The first-order valence-electron chi connectivity index (χ1n) is 12.1. The van der Waals surface area contributed by atoms with Crippen molar-refractivity contribution < 1.29 is 9.13 Å². The minimum atomic E-state index is -0.227. The van der Waals surface area contributed by atoms with Gasteiger partial charge in [0.2, 0.25) is 0 Å². The second-order valence-electron chi connectivity index (χ2n) is 8.51. The highest BCUT2D eigenvalue weighted by atomic mass is 19.1. The van der Waals surface area contributed by atoms with E-state index in [2.05, 4.69) is 36.5 Å². The maximum Gasteiger partial charge on any atom is 0.132 e. The van der Waals surface area contributed by atoms with Crippen LogP contribution in [0.4, 0.5) is 4.39 Å². The van der Waals surface area contributed by atoms with Crippen LogP contribution in [0.5, 0.6) is 0 Å². The van der Waals surface area contributed by atoms with Crippen LogP contribution in [0.1, 0.15) is 63.8 Å². The molecule has 0 spiro atoms. The zero-order valence-corrected chi connectivity index (χ0v) is 19.9. The molecule has 174 valence electrons. The number of halogens is 1. The lowest BCUT2D eigenvalue weighted by Crippen LogP contribution is -2.08. The number of allylic oxidation sites excluding steroid dienone is 2. The summed E-state index contributed by atoms with van der Waals surface area (Å²) in [4.78, 5) is 8.88. The molecule has 0 aliphatic heterocycles. The van der Waals surface area contributed by atoms with Crippen molar-refractivity contribution in [3.63, 3.8) is 0 Å². The van der Waals surface area contributed by atoms with Crippen LogP contribution in [0.15, 0.2) is 61.3 Å². The molecule has 4 heteroatoms. The molecule has 0 aliphatic carbocycles. The van der Waals surface area contributed by atoms with Crippen molar-refractivity contribution in [2.45, 2.75) is 64.9 Å². The van der Waals surface area contributed by atoms with E-state index in [0.717, 1.165) is 60.1 Å². The summed E-state index contributed by atoms with van der Waals surface area (Å²) in [6.45, 7) is 8.93. The number of unbranched alkanes of at least 4 members (excludes halogenated alkanes) is 3. The number of ether oxygens (including phenoxy) is 1. The molecule has 3 aromatic rings. The zero-order valence-electron chi connectivity index (χ0n) is 19.9. The number of hydrogen-bond acceptors (Lipinski definition) is 3. The quantitative estimate of drug-likeness (QED) is 0.197. The number of hydrogen-bond donors (Lipinski definition) is 0. The van der Waals surface area contributed by atoms with Gasteiger partial charge in [0.25, 0.3) is 0 Å². The first kappa shape index (κ1) is 24.8. The molecule has 0 N–H and O–H groups in total. The van der Waals surface area contributed by atoms with Crippen LogP contribution in [0, 0.1) is 5.82 Å². The lowest BCUT2D eigenvalue weighted by molar-refractivity contribution is 0.0566. The van der Waals surface area contributed by atoms with E-state index in [0.29, 0.717) is 18.1 Å². The third-order valence-corrected chi connectivity index (χ3v) is 5.70. The Balaban J connectivity index is 1.55. The predicted molar refractivity (Wildman–Crippen MR) is 137 cm³/mol. The van der Waals surface area contributed by atoms with Crippen LogP contribution in [0.3, 0.4) is 0 Å². The highest BCUT2D eigenvalue weighted by molar-refractivity contribution is 5.84. The van der Waals surface area contributed by atoms with E-state index in [4.69, 9.17) is 4.74 Å². The van der Waals surface area contributed by atoms with Gasteiger partial charge in [0, 0.05) is 30.2 Å². The predicted octanol–water partition coefficient (Wildman–Crippen LogP) is 7.94. The normalized spacial score (nSPS) is 12.5. The minimum absolute atomic E-state index is 0.227. The summed E-state index contributed by atoms with van der Waals surface area (Å²) >= 11 is 0. The number of aromatic nitrogens is 2. The second-order valence-corrected chi connectivity index (χ2v) is 8.51. The maximum absolute atomic E-state index is 14.9. The summed E-state index contributed by atoms with van der Waals surface area (Å²) in [7, 11) is 0. The van der Waals surface area contributed by atoms with Crippen molar-refractivity contribution in [3.8, 4) is 11.1 Å². The smallest absolute Gasteiger partial charge is 0.132 e. The molecule has 0 saturated carbocycles. The lowest BCUT2D eigenvalue weighted by atomic mass is 10.0. The SMILES string of the molecule is C=CCc1ncc2cc(-c3ccc(C=CCCCC(C)OCCCCC)cc3F)ccc2n1. The largest absolute Gasteiger partial charge is 0.379 e. The Bertz CT molecular complexity index is 1080. The Hall–Kier alpha value is -2.85. The molecule has 0 saturated heterocycles. The number of nitrogens with zero attached hydrogens (tertiary/aromatic N) is 2. The van der Waals surface area contributed by atoms with Gasteiger partial charge in [0.1, 0.15) is 11.6 Å². The molecule has 3 rings (SSSR count). The van der Waals surface area contributed by atoms with Crippen LogP contribution >= 0.6 is 0 Å². The van der Waals surface area contributed by atoms with Gasteiger partial charge < -0.3 is 4.74 Å². The molecule has 0 radical (unpaired) electrons. The van der Waals surface area contributed by atoms with Gasteiger partial charge in [-0.25, -0.2) is 14.4 Å². The molecule has 0 bridgehead atoms. The minimum Gasteiger partial charge on any atom is -0.379 e. The number of benzene rings is 2. The number of rotatable bonds is 13. The Morgan fingerprint density at radius 3 is 2.79 bits per heavy atom. The van der Waals surface area contributed by atoms with Gasteiger partial charge in [-0.1, -0.05) is 56.2 Å². The van der Waals surface area contributed by atoms with Gasteiger partial charge in [0.05, 0.1) is 11.6 Å². The number of fused-ring (bicyclic) bond motifs is 1. The van der Waals surface area contributed by atoms with Crippen molar-refractivity contribution in [3.05, 3.63) is 78.5 Å². The Kier molecular flexibility index (Phi) is 9.77. The van der Waals surface area contributed by atoms with Gasteiger partial charge in [-0.15, -0.1) is 6.58 Å². The summed E-state index contributed by atoms with van der Waals surface area (Å²) in [5.74, 6) is 0.510. The first-order valence-corrected chi connectivity index (χ1v) is 12.1. The Labute approximate surface area is 197 Å². The van der Waals surface area contributed by atoms with Gasteiger partial charge in [0.15, 0.2) is 0 Å². The van der Waals surface area contributed by atoms with E-state index in [1.54, 1.807) is 18.3 Å². The van der Waals surface area contributed by atoms with Crippen molar-refractivity contribution in [2.75, 3.05) is 6.61 Å². The van der Waals surface area contributed by atoms with E-state index in [1.807, 2.05) is 36.4 Å². The fraction of sp³-hybridized carbons (Fsp3) is 0.379. The van der Waals surface area contributed by atoms with Crippen molar-refractivity contribution >= 4 is 17.0 Å². The maximum atomic E-state index is 14.9.